The van der Waals surface area contributed by atoms with Crippen molar-refractivity contribution in [3.05, 3.63) is 0 Å². The smallest absolute Gasteiger partial charge is 0.323 e. The quantitative estimate of drug-likeness (QED) is 0.639. The van der Waals surface area contributed by atoms with Gasteiger partial charge in [-0.3, -0.25) is 4.57 Å². The molecule has 2 N–H and O–H groups in total. The molecule has 5 heteroatoms. The molecule has 11 heavy (non-hydrogen) atoms. The van der Waals surface area contributed by atoms with Crippen LogP contribution < -0.4 is 5.32 Å². The molecule has 0 aromatic carbocycles. The minimum Gasteiger partial charge on any atom is -0.323 e. The summed E-state index contributed by atoms with van der Waals surface area (Å²) >= 11 is 0. The first-order valence-electron chi connectivity index (χ1n) is 3.53. The van der Waals surface area contributed by atoms with Crippen LogP contribution in [0.2, 0.25) is 0 Å². The van der Waals surface area contributed by atoms with E-state index in [1.807, 2.05) is 0 Å². The van der Waals surface area contributed by atoms with Gasteiger partial charge < -0.3 is 14.7 Å². The van der Waals surface area contributed by atoms with Crippen molar-refractivity contribution in [3.8, 4) is 0 Å². The molecule has 0 amide bonds. The van der Waals surface area contributed by atoms with E-state index in [-0.39, 0.29) is 6.61 Å². The Morgan fingerprint density at radius 1 is 1.64 bits per heavy atom. The Morgan fingerprint density at radius 2 is 2.09 bits per heavy atom. The summed E-state index contributed by atoms with van der Waals surface area (Å²) in [6.07, 6.45) is 0. The number of hydrogen-bond donors (Lipinski definition) is 2. The molecule has 1 unspecified atom stereocenters. The summed E-state index contributed by atoms with van der Waals surface area (Å²) in [6.45, 7) is 5.19. The van der Waals surface area contributed by atoms with Crippen LogP contribution in [0.4, 0.5) is 0 Å². The molecule has 0 fully saturated rings. The van der Waals surface area contributed by atoms with Crippen molar-refractivity contribution in [3.63, 3.8) is 0 Å². The van der Waals surface area contributed by atoms with Gasteiger partial charge in [0.25, 0.3) is 0 Å². The van der Waals surface area contributed by atoms with Crippen LogP contribution in [0.5, 0.6) is 0 Å². The van der Waals surface area contributed by atoms with Crippen LogP contribution >= 0.6 is 7.60 Å². The monoisotopic (exact) mass is 181 g/mol. The summed E-state index contributed by atoms with van der Waals surface area (Å²) in [5.74, 6) is 0. The Balaban J connectivity index is 4.40. The van der Waals surface area contributed by atoms with Gasteiger partial charge in [-0.15, -0.1) is 0 Å². The van der Waals surface area contributed by atoms with Gasteiger partial charge in [0.05, 0.1) is 6.61 Å². The molecule has 1 atom stereocenters. The molecule has 0 radical (unpaired) electrons. The van der Waals surface area contributed by atoms with E-state index in [1.165, 1.54) is 0 Å². The Hall–Kier alpha value is 0.110. The highest BCUT2D eigenvalue weighted by molar-refractivity contribution is 7.54. The SMILES string of the molecule is CCOP(=O)(O)C(C)(C)NC. The third kappa shape index (κ3) is 2.56. The first-order valence-corrected chi connectivity index (χ1v) is 5.11. The molecule has 4 nitrogen and oxygen atoms in total. The summed E-state index contributed by atoms with van der Waals surface area (Å²) in [7, 11) is -1.88. The van der Waals surface area contributed by atoms with Crippen molar-refractivity contribution in [2.45, 2.75) is 26.1 Å². The summed E-state index contributed by atoms with van der Waals surface area (Å²) in [6, 6.07) is 0. The van der Waals surface area contributed by atoms with Crippen LogP contribution in [0.1, 0.15) is 20.8 Å². The summed E-state index contributed by atoms with van der Waals surface area (Å²) in [5, 5.41) is 1.86. The van der Waals surface area contributed by atoms with Gasteiger partial charge >= 0.3 is 7.60 Å². The molecule has 0 aromatic rings. The lowest BCUT2D eigenvalue weighted by molar-refractivity contribution is 0.244. The average molecular weight is 181 g/mol. The van der Waals surface area contributed by atoms with Crippen molar-refractivity contribution in [2.24, 2.45) is 0 Å². The first kappa shape index (κ1) is 11.1. The molecule has 0 rings (SSSR count). The topological polar surface area (TPSA) is 58.6 Å². The van der Waals surface area contributed by atoms with Crippen LogP contribution in [0.15, 0.2) is 0 Å². The molecule has 0 bridgehead atoms. The Kier molecular flexibility index (Phi) is 3.71. The molecular formula is C6H16NO3P. The zero-order valence-electron chi connectivity index (χ0n) is 7.42. The summed E-state index contributed by atoms with van der Waals surface area (Å²) in [5.41, 5.74) is 0. The van der Waals surface area contributed by atoms with Gasteiger partial charge in [-0.1, -0.05) is 0 Å². The first-order chi connectivity index (χ1) is 4.87. The van der Waals surface area contributed by atoms with E-state index in [2.05, 4.69) is 5.32 Å². The van der Waals surface area contributed by atoms with Gasteiger partial charge in [0.15, 0.2) is 0 Å². The molecule has 0 saturated heterocycles. The molecule has 0 aliphatic heterocycles. The van der Waals surface area contributed by atoms with E-state index < -0.39 is 12.9 Å². The van der Waals surface area contributed by atoms with Gasteiger partial charge in [-0.2, -0.15) is 0 Å². The van der Waals surface area contributed by atoms with Gasteiger partial charge in [-0.25, -0.2) is 0 Å². The maximum Gasteiger partial charge on any atom is 0.347 e. The number of hydrogen-bond acceptors (Lipinski definition) is 3. The second-order valence-electron chi connectivity index (χ2n) is 2.75. The summed E-state index contributed by atoms with van der Waals surface area (Å²) in [4.78, 5) is 9.31. The number of nitrogens with one attached hydrogen (secondary N) is 1. The minimum absolute atomic E-state index is 0.249. The third-order valence-electron chi connectivity index (χ3n) is 1.62. The molecule has 0 saturated carbocycles. The predicted octanol–water partition coefficient (Wildman–Crippen LogP) is 1.16. The standard InChI is InChI=1S/C6H16NO3P/c1-5-10-11(8,9)6(2,3)7-4/h7H,5H2,1-4H3,(H,8,9). The van der Waals surface area contributed by atoms with Gasteiger partial charge in [0.1, 0.15) is 5.28 Å². The lowest BCUT2D eigenvalue weighted by atomic mass is 10.4. The maximum atomic E-state index is 11.3. The zero-order valence-corrected chi connectivity index (χ0v) is 8.31. The molecule has 0 aromatic heterocycles. The summed E-state index contributed by atoms with van der Waals surface area (Å²) < 4.78 is 16.1. The van der Waals surface area contributed by atoms with Gasteiger partial charge in [-0.05, 0) is 27.8 Å². The lowest BCUT2D eigenvalue weighted by Crippen LogP contribution is -2.36. The van der Waals surface area contributed by atoms with Gasteiger partial charge in [0, 0.05) is 0 Å². The molecule has 0 aliphatic rings. The van der Waals surface area contributed by atoms with E-state index in [9.17, 15) is 9.46 Å². The highest BCUT2D eigenvalue weighted by Crippen LogP contribution is 2.53. The van der Waals surface area contributed by atoms with Crippen LogP contribution in [0, 0.1) is 0 Å². The zero-order chi connectivity index (χ0) is 9.12. The largest absolute Gasteiger partial charge is 0.347 e. The van der Waals surface area contributed by atoms with E-state index in [0.29, 0.717) is 0 Å². The normalized spacial score (nSPS) is 17.9. The van der Waals surface area contributed by atoms with Crippen LogP contribution in [0.3, 0.4) is 0 Å². The Morgan fingerprint density at radius 3 is 2.36 bits per heavy atom. The van der Waals surface area contributed by atoms with Crippen molar-refractivity contribution in [1.82, 2.24) is 5.32 Å². The molecule has 68 valence electrons. The van der Waals surface area contributed by atoms with E-state index in [4.69, 9.17) is 4.52 Å². The van der Waals surface area contributed by atoms with Crippen LogP contribution in [-0.2, 0) is 9.09 Å². The highest BCUT2D eigenvalue weighted by Gasteiger charge is 2.38. The van der Waals surface area contributed by atoms with Crippen molar-refractivity contribution in [2.75, 3.05) is 13.7 Å². The fraction of sp³-hybridized carbons (Fsp3) is 1.00. The molecule has 0 aliphatic carbocycles. The van der Waals surface area contributed by atoms with E-state index in [1.54, 1.807) is 27.8 Å². The average Bonchev–Trinajstić information content (AvgIpc) is 1.87. The Labute approximate surface area is 67.5 Å². The van der Waals surface area contributed by atoms with Crippen LogP contribution in [-0.4, -0.2) is 23.8 Å². The fourth-order valence-electron chi connectivity index (χ4n) is 0.478. The van der Waals surface area contributed by atoms with E-state index >= 15 is 0 Å². The lowest BCUT2D eigenvalue weighted by Gasteiger charge is -2.28. The molecule has 0 spiro atoms. The maximum absolute atomic E-state index is 11.3. The number of rotatable bonds is 4. The van der Waals surface area contributed by atoms with E-state index in [0.717, 1.165) is 0 Å². The Bertz CT molecular complexity index is 169. The van der Waals surface area contributed by atoms with Crippen molar-refractivity contribution in [1.29, 1.82) is 0 Å². The van der Waals surface area contributed by atoms with Crippen molar-refractivity contribution >= 4 is 7.60 Å². The predicted molar refractivity (Wildman–Crippen MR) is 44.6 cm³/mol. The van der Waals surface area contributed by atoms with Gasteiger partial charge in [0.2, 0.25) is 0 Å². The minimum atomic E-state index is -3.51. The highest BCUT2D eigenvalue weighted by atomic mass is 31.2. The fourth-order valence-corrected chi connectivity index (χ4v) is 1.43. The van der Waals surface area contributed by atoms with Crippen LogP contribution in [0.25, 0.3) is 0 Å². The van der Waals surface area contributed by atoms with Crippen molar-refractivity contribution < 1.29 is 14.0 Å². The third-order valence-corrected chi connectivity index (χ3v) is 3.87. The second-order valence-corrected chi connectivity index (χ2v) is 5.16. The molecule has 0 heterocycles. The second kappa shape index (κ2) is 3.68. The molecular weight excluding hydrogens is 165 g/mol.